The summed E-state index contributed by atoms with van der Waals surface area (Å²) in [5, 5.41) is 0. The molecule has 0 saturated heterocycles. The molecule has 138 valence electrons. The smallest absolute Gasteiger partial charge is 0.601 e. The summed E-state index contributed by atoms with van der Waals surface area (Å²) in [5.41, 5.74) is 0.407. The Balaban J connectivity index is -0.0000000165. The predicted octanol–water partition coefficient (Wildman–Crippen LogP) is 5.77. The topological polar surface area (TPSA) is 37.1 Å². The molecule has 24 heavy (non-hydrogen) atoms. The van der Waals surface area contributed by atoms with Crippen LogP contribution in [-0.4, -0.2) is 19.6 Å². The van der Waals surface area contributed by atoms with Gasteiger partial charge in [0.05, 0.1) is 0 Å². The summed E-state index contributed by atoms with van der Waals surface area (Å²) in [6.45, 7) is 36.0. The van der Waals surface area contributed by atoms with Crippen molar-refractivity contribution in [2.24, 2.45) is 15.0 Å². The van der Waals surface area contributed by atoms with Gasteiger partial charge in [0.1, 0.15) is 0 Å². The maximum atomic E-state index is 4.92. The van der Waals surface area contributed by atoms with Gasteiger partial charge < -0.3 is 52.3 Å². The first kappa shape index (κ1) is 56.4. The van der Waals surface area contributed by atoms with Gasteiger partial charge in [0, 0.05) is 0 Å². The molecule has 3 nitrogen and oxygen atoms in total. The van der Waals surface area contributed by atoms with E-state index in [9.17, 15) is 0 Å². The van der Waals surface area contributed by atoms with Crippen molar-refractivity contribution in [2.45, 2.75) is 62.3 Å². The van der Waals surface area contributed by atoms with Gasteiger partial charge in [-0.15, -0.1) is 13.8 Å². The fraction of sp³-hybridized carbons (Fsp3) is 0.500. The van der Waals surface area contributed by atoms with E-state index in [2.05, 4.69) is 40.7 Å². The third kappa shape index (κ3) is 255. The molecule has 0 rings (SSSR count). The summed E-state index contributed by atoms with van der Waals surface area (Å²) >= 11 is 0. The van der Waals surface area contributed by atoms with Crippen LogP contribution in [0.25, 0.3) is 0 Å². The van der Waals surface area contributed by atoms with E-state index in [4.69, 9.17) is 13.2 Å². The average molecular weight is 843 g/mol. The Bertz CT molecular complexity index is 224. The number of hydrogen-bond acceptors (Lipinski definition) is 3. The van der Waals surface area contributed by atoms with Gasteiger partial charge in [-0.1, -0.05) is 41.5 Å². The van der Waals surface area contributed by atoms with Crippen LogP contribution in [0.1, 0.15) is 62.3 Å². The third-order valence-corrected chi connectivity index (χ3v) is 0.611. The van der Waals surface area contributed by atoms with Crippen molar-refractivity contribution in [3.05, 3.63) is 37.3 Å². The van der Waals surface area contributed by atoms with Crippen molar-refractivity contribution >= 4 is 19.6 Å². The Morgan fingerprint density at radius 2 is 1.17 bits per heavy atom. The molecule has 0 N–H and O–H groups in total. The van der Waals surface area contributed by atoms with Crippen LogP contribution in [-0.2, 0) is 63.2 Å². The van der Waals surface area contributed by atoms with Crippen molar-refractivity contribution in [2.75, 3.05) is 0 Å². The van der Waals surface area contributed by atoms with Crippen LogP contribution in [0.15, 0.2) is 33.1 Å². The first-order valence-corrected chi connectivity index (χ1v) is 6.89. The van der Waals surface area contributed by atoms with E-state index in [0.717, 1.165) is 0 Å². The SMILES string of the molecule is CC.CC.CC.[CH-]=CN=[C-]C.[CH-]=NC(=[CH-])C.[CH-]=NC=[C-]C.[W+2].[W+2].[W+2]. The standard InChI is InChI=1S/3C4H5N.3C2H6.3W/c1-4(2)5-3;1-3-4-5-2;1-3-5-4-2;3*1-2;;;/h1,3H,2H3;2,4H,1H3;1,3H,2H3;3*1-2H3;;;/q3*-2;;;;3*+2. The predicted molar refractivity (Wildman–Crippen MR) is 100.0 cm³/mol. The van der Waals surface area contributed by atoms with E-state index in [1.54, 1.807) is 20.8 Å². The summed E-state index contributed by atoms with van der Waals surface area (Å²) < 4.78 is 0. The average Bonchev–Trinajstić information content (AvgIpc) is 2.56. The monoisotopic (exact) mass is 843 g/mol. The molecule has 0 aromatic heterocycles. The maximum Gasteiger partial charge on any atom is 2.00 e. The second-order valence-electron chi connectivity index (χ2n) is 1.84. The molecule has 0 atom stereocenters. The second-order valence-corrected chi connectivity index (χ2v) is 1.84. The number of rotatable bonds is 3. The van der Waals surface area contributed by atoms with Crippen LogP contribution < -0.4 is 0 Å². The second kappa shape index (κ2) is 109. The minimum atomic E-state index is 0. The van der Waals surface area contributed by atoms with Crippen LogP contribution >= 0.6 is 0 Å². The molecule has 0 aromatic rings. The fourth-order valence-electron chi connectivity index (χ4n) is 0.149. The quantitative estimate of drug-likeness (QED) is 0.256. The summed E-state index contributed by atoms with van der Waals surface area (Å²) in [6, 6.07) is 0. The van der Waals surface area contributed by atoms with Crippen LogP contribution in [0.4, 0.5) is 0 Å². The molecule has 6 heteroatoms. The molecule has 0 radical (unpaired) electrons. The molecule has 0 spiro atoms. The fourth-order valence-corrected chi connectivity index (χ4v) is 0.149. The molecule has 0 heterocycles. The van der Waals surface area contributed by atoms with Gasteiger partial charge >= 0.3 is 63.2 Å². The van der Waals surface area contributed by atoms with Crippen molar-refractivity contribution in [1.29, 1.82) is 0 Å². The Morgan fingerprint density at radius 1 is 0.875 bits per heavy atom. The first-order valence-electron chi connectivity index (χ1n) is 6.89. The Labute approximate surface area is 196 Å². The van der Waals surface area contributed by atoms with Gasteiger partial charge in [0.15, 0.2) is 0 Å². The van der Waals surface area contributed by atoms with E-state index in [-0.39, 0.29) is 63.2 Å². The van der Waals surface area contributed by atoms with Crippen molar-refractivity contribution in [1.82, 2.24) is 0 Å². The van der Waals surface area contributed by atoms with Crippen LogP contribution in [0.2, 0.25) is 0 Å². The number of allylic oxidation sites excluding steroid dienone is 2. The van der Waals surface area contributed by atoms with Crippen molar-refractivity contribution in [3.8, 4) is 0 Å². The Hall–Kier alpha value is 0.295. The molecule has 0 aliphatic carbocycles. The van der Waals surface area contributed by atoms with Gasteiger partial charge in [-0.05, 0) is 0 Å². The summed E-state index contributed by atoms with van der Waals surface area (Å²) in [7, 11) is 0. The van der Waals surface area contributed by atoms with E-state index < -0.39 is 0 Å². The van der Waals surface area contributed by atoms with Gasteiger partial charge in [0.25, 0.3) is 0 Å². The van der Waals surface area contributed by atoms with Gasteiger partial charge in [-0.2, -0.15) is 19.6 Å². The zero-order chi connectivity index (χ0) is 18.5. The zero-order valence-corrected chi connectivity index (χ0v) is 25.3. The summed E-state index contributed by atoms with van der Waals surface area (Å²) in [4.78, 5) is 9.58. The molecule has 0 aliphatic rings. The normalized spacial score (nSPS) is 5.88. The maximum absolute atomic E-state index is 4.92. The molecule has 0 bridgehead atoms. The van der Waals surface area contributed by atoms with Gasteiger partial charge in [0.2, 0.25) is 0 Å². The number of nitrogens with zero attached hydrogens (tertiary/aromatic N) is 3. The summed E-state index contributed by atoms with van der Waals surface area (Å²) in [6.07, 6.45) is 7.66. The minimum absolute atomic E-state index is 0. The molecule has 0 aromatic carbocycles. The molecule has 0 fully saturated rings. The van der Waals surface area contributed by atoms with Crippen LogP contribution in [0.3, 0.4) is 0 Å². The van der Waals surface area contributed by atoms with Crippen LogP contribution in [0, 0.1) is 19.2 Å². The molecular formula is C18H33N3W3. The third-order valence-electron chi connectivity index (χ3n) is 0.611. The Morgan fingerprint density at radius 3 is 1.17 bits per heavy atom. The largest absolute Gasteiger partial charge is 2.00 e. The van der Waals surface area contributed by atoms with Gasteiger partial charge in [-0.25, -0.2) is 6.92 Å². The van der Waals surface area contributed by atoms with Crippen LogP contribution in [0.5, 0.6) is 0 Å². The minimum Gasteiger partial charge on any atom is -0.601 e. The number of hydrogen-bond donors (Lipinski definition) is 0. The molecule has 0 saturated carbocycles. The van der Waals surface area contributed by atoms with E-state index in [1.807, 2.05) is 41.5 Å². The molecule has 0 unspecified atom stereocenters. The van der Waals surface area contributed by atoms with E-state index >= 15 is 0 Å². The van der Waals surface area contributed by atoms with Crippen molar-refractivity contribution < 1.29 is 63.2 Å². The first-order chi connectivity index (χ1) is 10.1. The van der Waals surface area contributed by atoms with E-state index in [1.165, 1.54) is 12.4 Å². The van der Waals surface area contributed by atoms with Crippen molar-refractivity contribution in [3.63, 3.8) is 0 Å². The molecular weight excluding hydrogens is 810 g/mol. The Kier molecular flexibility index (Phi) is 257. The zero-order valence-electron chi connectivity index (χ0n) is 16.5. The van der Waals surface area contributed by atoms with E-state index in [0.29, 0.717) is 5.70 Å². The number of aliphatic imine (C=N–C) groups is 3. The van der Waals surface area contributed by atoms with Gasteiger partial charge in [-0.3, -0.25) is 0 Å². The molecule has 0 aliphatic heterocycles. The summed E-state index contributed by atoms with van der Waals surface area (Å²) in [5.74, 6) is 0. The molecule has 0 amide bonds.